The van der Waals surface area contributed by atoms with Crippen LogP contribution in [0.3, 0.4) is 0 Å². The maximum absolute atomic E-state index is 5.35. The molecule has 0 unspecified atom stereocenters. The van der Waals surface area contributed by atoms with E-state index in [2.05, 4.69) is 31.1 Å². The molecule has 18 heavy (non-hydrogen) atoms. The summed E-state index contributed by atoms with van der Waals surface area (Å²) in [5, 5.41) is 3.42. The normalized spacial score (nSPS) is 11.4. The third-order valence-corrected chi connectivity index (χ3v) is 3.22. The quantitative estimate of drug-likeness (QED) is 0.810. The molecule has 0 fully saturated rings. The van der Waals surface area contributed by atoms with Crippen molar-refractivity contribution < 1.29 is 9.47 Å². The third kappa shape index (κ3) is 3.88. The molecular formula is C14H24N2O2. The van der Waals surface area contributed by atoms with E-state index in [1.165, 1.54) is 0 Å². The van der Waals surface area contributed by atoms with Gasteiger partial charge in [0.2, 0.25) is 0 Å². The van der Waals surface area contributed by atoms with Crippen LogP contribution >= 0.6 is 0 Å². The van der Waals surface area contributed by atoms with Crippen LogP contribution < -0.4 is 14.8 Å². The van der Waals surface area contributed by atoms with Crippen molar-refractivity contribution in [2.75, 3.05) is 20.8 Å². The number of aromatic nitrogens is 1. The SMILES string of the molecule is CCC(C)(C)CNCc1nccc(OC)c1OC. The van der Waals surface area contributed by atoms with Gasteiger partial charge >= 0.3 is 0 Å². The summed E-state index contributed by atoms with van der Waals surface area (Å²) in [6.07, 6.45) is 2.88. The summed E-state index contributed by atoms with van der Waals surface area (Å²) in [6, 6.07) is 1.80. The standard InChI is InChI=1S/C14H24N2O2/c1-6-14(2,3)10-15-9-11-13(18-5)12(17-4)7-8-16-11/h7-8,15H,6,9-10H2,1-5H3. The molecule has 1 rings (SSSR count). The highest BCUT2D eigenvalue weighted by atomic mass is 16.5. The van der Waals surface area contributed by atoms with Crippen LogP contribution in [0.25, 0.3) is 0 Å². The van der Waals surface area contributed by atoms with E-state index in [1.54, 1.807) is 26.5 Å². The Bertz CT molecular complexity index is 378. The third-order valence-electron chi connectivity index (χ3n) is 3.22. The highest BCUT2D eigenvalue weighted by Gasteiger charge is 2.16. The second kappa shape index (κ2) is 6.59. The van der Waals surface area contributed by atoms with E-state index in [9.17, 15) is 0 Å². The first kappa shape index (κ1) is 14.8. The van der Waals surface area contributed by atoms with Crippen LogP contribution in [-0.4, -0.2) is 25.7 Å². The summed E-state index contributed by atoms with van der Waals surface area (Å²) in [5.41, 5.74) is 1.18. The van der Waals surface area contributed by atoms with Crippen molar-refractivity contribution in [1.82, 2.24) is 10.3 Å². The van der Waals surface area contributed by atoms with E-state index < -0.39 is 0 Å². The molecule has 0 radical (unpaired) electrons. The van der Waals surface area contributed by atoms with Crippen LogP contribution in [0.15, 0.2) is 12.3 Å². The molecule has 4 heteroatoms. The topological polar surface area (TPSA) is 43.4 Å². The Kier molecular flexibility index (Phi) is 5.41. The summed E-state index contributed by atoms with van der Waals surface area (Å²) in [6.45, 7) is 8.33. The van der Waals surface area contributed by atoms with Gasteiger partial charge in [-0.3, -0.25) is 4.98 Å². The van der Waals surface area contributed by atoms with Crippen LogP contribution in [0.5, 0.6) is 11.5 Å². The lowest BCUT2D eigenvalue weighted by molar-refractivity contribution is 0.321. The van der Waals surface area contributed by atoms with Crippen molar-refractivity contribution in [3.63, 3.8) is 0 Å². The van der Waals surface area contributed by atoms with Gasteiger partial charge in [-0.2, -0.15) is 0 Å². The Morgan fingerprint density at radius 1 is 1.28 bits per heavy atom. The number of pyridine rings is 1. The van der Waals surface area contributed by atoms with Crippen LogP contribution in [0, 0.1) is 5.41 Å². The smallest absolute Gasteiger partial charge is 0.183 e. The number of methoxy groups -OCH3 is 2. The maximum Gasteiger partial charge on any atom is 0.183 e. The number of hydrogen-bond donors (Lipinski definition) is 1. The average molecular weight is 252 g/mol. The molecule has 4 nitrogen and oxygen atoms in total. The summed E-state index contributed by atoms with van der Waals surface area (Å²) < 4.78 is 10.6. The fourth-order valence-electron chi connectivity index (χ4n) is 1.62. The summed E-state index contributed by atoms with van der Waals surface area (Å²) in [4.78, 5) is 4.34. The first-order chi connectivity index (χ1) is 8.54. The zero-order valence-electron chi connectivity index (χ0n) is 12.0. The fourth-order valence-corrected chi connectivity index (χ4v) is 1.62. The van der Waals surface area contributed by atoms with Gasteiger partial charge in [0.05, 0.1) is 19.9 Å². The van der Waals surface area contributed by atoms with E-state index in [-0.39, 0.29) is 0 Å². The highest BCUT2D eigenvalue weighted by Crippen LogP contribution is 2.29. The van der Waals surface area contributed by atoms with E-state index in [4.69, 9.17) is 9.47 Å². The van der Waals surface area contributed by atoms with Gasteiger partial charge in [-0.25, -0.2) is 0 Å². The fraction of sp³-hybridized carbons (Fsp3) is 0.643. The van der Waals surface area contributed by atoms with Gasteiger partial charge in [0, 0.05) is 25.4 Å². The van der Waals surface area contributed by atoms with Gasteiger partial charge in [-0.15, -0.1) is 0 Å². The van der Waals surface area contributed by atoms with E-state index in [0.717, 1.165) is 24.4 Å². The molecule has 0 amide bonds. The minimum absolute atomic E-state index is 0.298. The zero-order chi connectivity index (χ0) is 13.6. The second-order valence-electron chi connectivity index (χ2n) is 5.11. The van der Waals surface area contributed by atoms with Gasteiger partial charge in [-0.1, -0.05) is 20.8 Å². The van der Waals surface area contributed by atoms with Crippen LogP contribution in [0.1, 0.15) is 32.9 Å². The highest BCUT2D eigenvalue weighted by molar-refractivity contribution is 5.42. The summed E-state index contributed by atoms with van der Waals surface area (Å²) in [7, 11) is 3.27. The van der Waals surface area contributed by atoms with E-state index in [1.807, 2.05) is 0 Å². The van der Waals surface area contributed by atoms with Crippen molar-refractivity contribution in [1.29, 1.82) is 0 Å². The molecule has 0 saturated carbocycles. The molecule has 1 N–H and O–H groups in total. The largest absolute Gasteiger partial charge is 0.493 e. The molecule has 0 atom stereocenters. The molecule has 1 heterocycles. The summed E-state index contributed by atoms with van der Waals surface area (Å²) >= 11 is 0. The maximum atomic E-state index is 5.35. The van der Waals surface area contributed by atoms with Gasteiger partial charge in [0.15, 0.2) is 11.5 Å². The number of nitrogens with zero attached hydrogens (tertiary/aromatic N) is 1. The lowest BCUT2D eigenvalue weighted by Gasteiger charge is -2.23. The van der Waals surface area contributed by atoms with Gasteiger partial charge in [0.1, 0.15) is 0 Å². The predicted octanol–water partition coefficient (Wildman–Crippen LogP) is 2.62. The molecule has 0 spiro atoms. The van der Waals surface area contributed by atoms with E-state index in [0.29, 0.717) is 17.7 Å². The van der Waals surface area contributed by atoms with Crippen LogP contribution in [-0.2, 0) is 6.54 Å². The van der Waals surface area contributed by atoms with Crippen molar-refractivity contribution in [2.24, 2.45) is 5.41 Å². The molecule has 0 aromatic carbocycles. The number of ether oxygens (including phenoxy) is 2. The summed E-state index contributed by atoms with van der Waals surface area (Å²) in [5.74, 6) is 1.43. The van der Waals surface area contributed by atoms with Crippen molar-refractivity contribution in [3.05, 3.63) is 18.0 Å². The first-order valence-electron chi connectivity index (χ1n) is 6.30. The van der Waals surface area contributed by atoms with Crippen molar-refractivity contribution in [2.45, 2.75) is 33.7 Å². The van der Waals surface area contributed by atoms with Crippen molar-refractivity contribution >= 4 is 0 Å². The molecule has 102 valence electrons. The lowest BCUT2D eigenvalue weighted by atomic mass is 9.90. The number of rotatable bonds is 7. The van der Waals surface area contributed by atoms with Crippen molar-refractivity contribution in [3.8, 4) is 11.5 Å². The molecule has 0 bridgehead atoms. The zero-order valence-corrected chi connectivity index (χ0v) is 12.0. The lowest BCUT2D eigenvalue weighted by Crippen LogP contribution is -2.28. The van der Waals surface area contributed by atoms with Gasteiger partial charge < -0.3 is 14.8 Å². The molecule has 0 aliphatic carbocycles. The minimum Gasteiger partial charge on any atom is -0.493 e. The van der Waals surface area contributed by atoms with E-state index >= 15 is 0 Å². The Hall–Kier alpha value is -1.29. The number of nitrogens with one attached hydrogen (secondary N) is 1. The first-order valence-corrected chi connectivity index (χ1v) is 6.30. The second-order valence-corrected chi connectivity index (χ2v) is 5.11. The minimum atomic E-state index is 0.298. The molecule has 0 aliphatic rings. The molecule has 0 saturated heterocycles. The van der Waals surface area contributed by atoms with Crippen LogP contribution in [0.2, 0.25) is 0 Å². The van der Waals surface area contributed by atoms with Gasteiger partial charge in [-0.05, 0) is 11.8 Å². The Morgan fingerprint density at radius 2 is 2.00 bits per heavy atom. The molecular weight excluding hydrogens is 228 g/mol. The predicted molar refractivity (Wildman–Crippen MR) is 73.1 cm³/mol. The monoisotopic (exact) mass is 252 g/mol. The van der Waals surface area contributed by atoms with Gasteiger partial charge in [0.25, 0.3) is 0 Å². The Balaban J connectivity index is 2.67. The molecule has 1 aromatic heterocycles. The Labute approximate surface area is 110 Å². The Morgan fingerprint density at radius 3 is 2.56 bits per heavy atom. The van der Waals surface area contributed by atoms with Crippen LogP contribution in [0.4, 0.5) is 0 Å². The molecule has 0 aliphatic heterocycles. The molecule has 1 aromatic rings. The average Bonchev–Trinajstić information content (AvgIpc) is 2.38. The number of hydrogen-bond acceptors (Lipinski definition) is 4.